The van der Waals surface area contributed by atoms with E-state index >= 15 is 0 Å². The Bertz CT molecular complexity index is 349. The van der Waals surface area contributed by atoms with Gasteiger partial charge in [-0.15, -0.1) is 0 Å². The van der Waals surface area contributed by atoms with Crippen molar-refractivity contribution in [1.29, 1.82) is 0 Å². The molecule has 0 amide bonds. The molecule has 1 aliphatic rings. The summed E-state index contributed by atoms with van der Waals surface area (Å²) in [5.74, 6) is 0. The van der Waals surface area contributed by atoms with E-state index in [1.165, 1.54) is 18.4 Å². The largest absolute Gasteiger partial charge is 0.313 e. The van der Waals surface area contributed by atoms with Crippen LogP contribution in [0.1, 0.15) is 18.4 Å². The highest BCUT2D eigenvalue weighted by molar-refractivity contribution is 6.42. The summed E-state index contributed by atoms with van der Waals surface area (Å²) in [6, 6.07) is 6.39. The molecule has 1 saturated heterocycles. The Morgan fingerprint density at radius 1 is 1.31 bits per heavy atom. The van der Waals surface area contributed by atoms with Gasteiger partial charge in [-0.3, -0.25) is 0 Å². The van der Waals surface area contributed by atoms with Crippen molar-refractivity contribution in [3.63, 3.8) is 0 Å². The summed E-state index contributed by atoms with van der Waals surface area (Å²) in [6.45, 7) is 3.01. The third kappa shape index (κ3) is 3.36. The molecule has 88 valence electrons. The van der Waals surface area contributed by atoms with Crippen molar-refractivity contribution in [3.05, 3.63) is 33.8 Å². The van der Waals surface area contributed by atoms with Gasteiger partial charge in [0.15, 0.2) is 0 Å². The van der Waals surface area contributed by atoms with Gasteiger partial charge in [0, 0.05) is 19.1 Å². The fourth-order valence-corrected chi connectivity index (χ4v) is 2.29. The number of halogens is 2. The van der Waals surface area contributed by atoms with Crippen LogP contribution >= 0.6 is 23.2 Å². The van der Waals surface area contributed by atoms with Gasteiger partial charge in [-0.25, -0.2) is 0 Å². The molecule has 0 radical (unpaired) electrons. The molecule has 4 heteroatoms. The molecule has 1 aromatic rings. The van der Waals surface area contributed by atoms with E-state index < -0.39 is 0 Å². The van der Waals surface area contributed by atoms with E-state index in [1.807, 2.05) is 18.2 Å². The smallest absolute Gasteiger partial charge is 0.0595 e. The lowest BCUT2D eigenvalue weighted by Gasteiger charge is -2.11. The normalized spacial score (nSPS) is 20.2. The van der Waals surface area contributed by atoms with Gasteiger partial charge in [0.25, 0.3) is 0 Å². The first-order valence-electron chi connectivity index (χ1n) is 5.64. The van der Waals surface area contributed by atoms with Gasteiger partial charge in [0.1, 0.15) is 0 Å². The SMILES string of the molecule is Clc1ccc(CNC[C@@H]2CCCN2)cc1Cl. The number of benzene rings is 1. The van der Waals surface area contributed by atoms with Gasteiger partial charge in [-0.05, 0) is 37.1 Å². The second-order valence-electron chi connectivity index (χ2n) is 4.17. The summed E-state index contributed by atoms with van der Waals surface area (Å²) < 4.78 is 0. The molecular weight excluding hydrogens is 243 g/mol. The lowest BCUT2D eigenvalue weighted by molar-refractivity contribution is 0.536. The highest BCUT2D eigenvalue weighted by Gasteiger charge is 2.12. The number of rotatable bonds is 4. The molecule has 0 spiro atoms. The van der Waals surface area contributed by atoms with E-state index in [1.54, 1.807) is 0 Å². The highest BCUT2D eigenvalue weighted by atomic mass is 35.5. The molecule has 2 rings (SSSR count). The number of hydrogen-bond donors (Lipinski definition) is 2. The minimum Gasteiger partial charge on any atom is -0.313 e. The van der Waals surface area contributed by atoms with Crippen molar-refractivity contribution >= 4 is 23.2 Å². The zero-order valence-corrected chi connectivity index (χ0v) is 10.6. The van der Waals surface area contributed by atoms with Crippen LogP contribution in [0, 0.1) is 0 Å². The maximum atomic E-state index is 5.95. The van der Waals surface area contributed by atoms with Gasteiger partial charge in [0.2, 0.25) is 0 Å². The van der Waals surface area contributed by atoms with Crippen LogP contribution in [0.2, 0.25) is 10.0 Å². The highest BCUT2D eigenvalue weighted by Crippen LogP contribution is 2.22. The molecule has 16 heavy (non-hydrogen) atoms. The van der Waals surface area contributed by atoms with E-state index in [0.29, 0.717) is 16.1 Å². The first-order valence-corrected chi connectivity index (χ1v) is 6.39. The van der Waals surface area contributed by atoms with E-state index in [-0.39, 0.29) is 0 Å². The number of nitrogens with one attached hydrogen (secondary N) is 2. The fourth-order valence-electron chi connectivity index (χ4n) is 1.97. The molecule has 2 N–H and O–H groups in total. The van der Waals surface area contributed by atoms with E-state index in [4.69, 9.17) is 23.2 Å². The van der Waals surface area contributed by atoms with Gasteiger partial charge >= 0.3 is 0 Å². The van der Waals surface area contributed by atoms with Gasteiger partial charge in [-0.2, -0.15) is 0 Å². The Balaban J connectivity index is 1.78. The summed E-state index contributed by atoms with van der Waals surface area (Å²) in [6.07, 6.45) is 2.56. The van der Waals surface area contributed by atoms with Crippen molar-refractivity contribution in [3.8, 4) is 0 Å². The third-order valence-corrected chi connectivity index (χ3v) is 3.61. The van der Waals surface area contributed by atoms with E-state index in [0.717, 1.165) is 19.6 Å². The van der Waals surface area contributed by atoms with Gasteiger partial charge in [0.05, 0.1) is 10.0 Å². The Morgan fingerprint density at radius 2 is 2.19 bits per heavy atom. The van der Waals surface area contributed by atoms with Gasteiger partial charge < -0.3 is 10.6 Å². The second kappa shape index (κ2) is 5.87. The summed E-state index contributed by atoms with van der Waals surface area (Å²) >= 11 is 11.8. The molecule has 2 nitrogen and oxygen atoms in total. The van der Waals surface area contributed by atoms with Crippen molar-refractivity contribution in [1.82, 2.24) is 10.6 Å². The number of hydrogen-bond acceptors (Lipinski definition) is 2. The maximum absolute atomic E-state index is 5.95. The average Bonchev–Trinajstić information content (AvgIpc) is 2.76. The summed E-state index contributed by atoms with van der Waals surface area (Å²) in [5.41, 5.74) is 1.17. The van der Waals surface area contributed by atoms with E-state index in [9.17, 15) is 0 Å². The predicted molar refractivity (Wildman–Crippen MR) is 69.2 cm³/mol. The molecule has 1 aromatic carbocycles. The fraction of sp³-hybridized carbons (Fsp3) is 0.500. The average molecular weight is 259 g/mol. The molecule has 0 unspecified atom stereocenters. The van der Waals surface area contributed by atoms with Crippen LogP contribution in [0.25, 0.3) is 0 Å². The molecule has 1 aliphatic heterocycles. The molecule has 1 fully saturated rings. The first kappa shape index (κ1) is 12.2. The maximum Gasteiger partial charge on any atom is 0.0595 e. The van der Waals surface area contributed by atoms with Crippen molar-refractivity contribution in [2.45, 2.75) is 25.4 Å². The van der Waals surface area contributed by atoms with Crippen LogP contribution in [0.15, 0.2) is 18.2 Å². The van der Waals surface area contributed by atoms with Crippen LogP contribution in [0.5, 0.6) is 0 Å². The zero-order chi connectivity index (χ0) is 11.4. The Labute approximate surface area is 106 Å². The minimum atomic E-state index is 0.614. The molecule has 0 saturated carbocycles. The molecular formula is C12H16Cl2N2. The molecule has 1 atom stereocenters. The zero-order valence-electron chi connectivity index (χ0n) is 9.10. The second-order valence-corrected chi connectivity index (χ2v) is 4.99. The van der Waals surface area contributed by atoms with Crippen LogP contribution in [0.4, 0.5) is 0 Å². The van der Waals surface area contributed by atoms with Crippen LogP contribution in [0.3, 0.4) is 0 Å². The predicted octanol–water partition coefficient (Wildman–Crippen LogP) is 2.84. The Kier molecular flexibility index (Phi) is 4.47. The quantitative estimate of drug-likeness (QED) is 0.868. The van der Waals surface area contributed by atoms with Crippen molar-refractivity contribution in [2.75, 3.05) is 13.1 Å². The van der Waals surface area contributed by atoms with Crippen LogP contribution < -0.4 is 10.6 Å². The summed E-state index contributed by atoms with van der Waals surface area (Å²) in [5, 5.41) is 8.12. The molecule has 1 heterocycles. The summed E-state index contributed by atoms with van der Waals surface area (Å²) in [4.78, 5) is 0. The van der Waals surface area contributed by atoms with Crippen molar-refractivity contribution in [2.24, 2.45) is 0 Å². The molecule has 0 aliphatic carbocycles. The van der Waals surface area contributed by atoms with Crippen molar-refractivity contribution < 1.29 is 0 Å². The Hall–Kier alpha value is -0.280. The molecule has 0 aromatic heterocycles. The third-order valence-electron chi connectivity index (χ3n) is 2.87. The minimum absolute atomic E-state index is 0.614. The van der Waals surface area contributed by atoms with E-state index in [2.05, 4.69) is 10.6 Å². The summed E-state index contributed by atoms with van der Waals surface area (Å²) in [7, 11) is 0. The van der Waals surface area contributed by atoms with Gasteiger partial charge in [-0.1, -0.05) is 29.3 Å². The topological polar surface area (TPSA) is 24.1 Å². The first-order chi connectivity index (χ1) is 7.75. The molecule has 0 bridgehead atoms. The van der Waals surface area contributed by atoms with Crippen LogP contribution in [-0.2, 0) is 6.54 Å². The lowest BCUT2D eigenvalue weighted by Crippen LogP contribution is -2.33. The van der Waals surface area contributed by atoms with Crippen LogP contribution in [-0.4, -0.2) is 19.1 Å². The lowest BCUT2D eigenvalue weighted by atomic mass is 10.2. The Morgan fingerprint density at radius 3 is 2.88 bits per heavy atom. The monoisotopic (exact) mass is 258 g/mol. The standard InChI is InChI=1S/C12H16Cl2N2/c13-11-4-3-9(6-12(11)14)7-15-8-10-2-1-5-16-10/h3-4,6,10,15-16H,1-2,5,7-8H2/t10-/m0/s1.